The van der Waals surface area contributed by atoms with E-state index in [4.69, 9.17) is 4.74 Å². The fourth-order valence-corrected chi connectivity index (χ4v) is 2.79. The number of ether oxygens (including phenoxy) is 1. The Hall–Kier alpha value is -1.78. The first-order valence-corrected chi connectivity index (χ1v) is 7.65. The van der Waals surface area contributed by atoms with Gasteiger partial charge in [0.25, 0.3) is 0 Å². The van der Waals surface area contributed by atoms with E-state index in [2.05, 4.69) is 10.3 Å². The van der Waals surface area contributed by atoms with Gasteiger partial charge >= 0.3 is 6.03 Å². The lowest BCUT2D eigenvalue weighted by Crippen LogP contribution is -2.40. The zero-order valence-corrected chi connectivity index (χ0v) is 13.2. The smallest absolute Gasteiger partial charge is 0.317 e. The van der Waals surface area contributed by atoms with E-state index < -0.39 is 0 Å². The van der Waals surface area contributed by atoms with E-state index in [-0.39, 0.29) is 6.03 Å². The van der Waals surface area contributed by atoms with Crippen LogP contribution in [0, 0.1) is 13.8 Å². The highest BCUT2D eigenvalue weighted by atomic mass is 16.5. The van der Waals surface area contributed by atoms with Gasteiger partial charge in [-0.1, -0.05) is 12.8 Å². The maximum absolute atomic E-state index is 12.2. The fourth-order valence-electron chi connectivity index (χ4n) is 2.79. The molecule has 0 aromatic carbocycles. The van der Waals surface area contributed by atoms with Gasteiger partial charge in [-0.15, -0.1) is 0 Å². The van der Waals surface area contributed by atoms with Crippen LogP contribution >= 0.6 is 0 Å². The molecule has 1 saturated heterocycles. The predicted molar refractivity (Wildman–Crippen MR) is 82.5 cm³/mol. The molecule has 2 amide bonds. The van der Waals surface area contributed by atoms with Crippen LogP contribution in [-0.4, -0.2) is 36.1 Å². The van der Waals surface area contributed by atoms with E-state index >= 15 is 0 Å². The number of carbonyl (C=O) groups is 1. The molecule has 1 aliphatic rings. The van der Waals surface area contributed by atoms with Gasteiger partial charge in [0.1, 0.15) is 5.75 Å². The third-order valence-corrected chi connectivity index (χ3v) is 4.05. The van der Waals surface area contributed by atoms with Gasteiger partial charge in [0.05, 0.1) is 19.3 Å². The Kier molecular flexibility index (Phi) is 5.42. The second-order valence-corrected chi connectivity index (χ2v) is 5.61. The summed E-state index contributed by atoms with van der Waals surface area (Å²) in [6, 6.07) is 0.0117. The molecule has 0 bridgehead atoms. The van der Waals surface area contributed by atoms with Crippen molar-refractivity contribution in [2.24, 2.45) is 0 Å². The van der Waals surface area contributed by atoms with Crippen molar-refractivity contribution in [1.29, 1.82) is 0 Å². The van der Waals surface area contributed by atoms with Crippen molar-refractivity contribution in [2.45, 2.75) is 46.1 Å². The minimum absolute atomic E-state index is 0.0117. The minimum atomic E-state index is 0.0117. The molecule has 5 nitrogen and oxygen atoms in total. The minimum Gasteiger partial charge on any atom is -0.496 e. The molecule has 1 aromatic rings. The van der Waals surface area contributed by atoms with Gasteiger partial charge in [0.2, 0.25) is 0 Å². The first kappa shape index (κ1) is 15.6. The molecular weight excluding hydrogens is 266 g/mol. The van der Waals surface area contributed by atoms with E-state index in [0.717, 1.165) is 48.5 Å². The molecule has 5 heteroatoms. The van der Waals surface area contributed by atoms with Crippen molar-refractivity contribution >= 4 is 6.03 Å². The van der Waals surface area contributed by atoms with Crippen molar-refractivity contribution in [3.05, 3.63) is 23.0 Å². The highest BCUT2D eigenvalue weighted by Gasteiger charge is 2.16. The third-order valence-electron chi connectivity index (χ3n) is 4.05. The van der Waals surface area contributed by atoms with Crippen molar-refractivity contribution in [2.75, 3.05) is 20.2 Å². The van der Waals surface area contributed by atoms with Crippen LogP contribution < -0.4 is 10.1 Å². The Morgan fingerprint density at radius 1 is 1.29 bits per heavy atom. The Bertz CT molecular complexity index is 495. The normalized spacial score (nSPS) is 15.5. The number of methoxy groups -OCH3 is 1. The van der Waals surface area contributed by atoms with Crippen LogP contribution in [0.2, 0.25) is 0 Å². The van der Waals surface area contributed by atoms with Gasteiger partial charge in [-0.3, -0.25) is 4.98 Å². The maximum Gasteiger partial charge on any atom is 0.317 e. The molecule has 21 heavy (non-hydrogen) atoms. The van der Waals surface area contributed by atoms with Crippen LogP contribution in [0.5, 0.6) is 5.75 Å². The van der Waals surface area contributed by atoms with Gasteiger partial charge in [-0.05, 0) is 26.7 Å². The second-order valence-electron chi connectivity index (χ2n) is 5.61. The number of aryl methyl sites for hydroxylation is 1. The maximum atomic E-state index is 12.2. The van der Waals surface area contributed by atoms with E-state index in [1.165, 1.54) is 12.8 Å². The lowest BCUT2D eigenvalue weighted by Gasteiger charge is -2.21. The predicted octanol–water partition coefficient (Wildman–Crippen LogP) is 2.79. The Balaban J connectivity index is 1.97. The summed E-state index contributed by atoms with van der Waals surface area (Å²) < 4.78 is 5.39. The number of rotatable bonds is 3. The fraction of sp³-hybridized carbons (Fsp3) is 0.625. The average molecular weight is 291 g/mol. The summed E-state index contributed by atoms with van der Waals surface area (Å²) in [7, 11) is 1.66. The van der Waals surface area contributed by atoms with Gasteiger partial charge in [-0.2, -0.15) is 0 Å². The zero-order valence-electron chi connectivity index (χ0n) is 13.2. The number of likely N-dealkylation sites (tertiary alicyclic amines) is 1. The van der Waals surface area contributed by atoms with Gasteiger partial charge in [0.15, 0.2) is 0 Å². The highest BCUT2D eigenvalue weighted by Crippen LogP contribution is 2.23. The third kappa shape index (κ3) is 3.86. The van der Waals surface area contributed by atoms with Crippen LogP contribution in [0.3, 0.4) is 0 Å². The SMILES string of the molecule is COc1c(C)cnc(CNC(=O)N2CCCCCC2)c1C. The Morgan fingerprint density at radius 3 is 2.57 bits per heavy atom. The number of hydrogen-bond acceptors (Lipinski definition) is 3. The quantitative estimate of drug-likeness (QED) is 0.931. The molecule has 116 valence electrons. The number of hydrogen-bond donors (Lipinski definition) is 1. The monoisotopic (exact) mass is 291 g/mol. The van der Waals surface area contributed by atoms with Crippen LogP contribution in [0.25, 0.3) is 0 Å². The van der Waals surface area contributed by atoms with Crippen LogP contribution in [0.15, 0.2) is 6.20 Å². The summed E-state index contributed by atoms with van der Waals surface area (Å²) in [6.45, 7) is 6.10. The zero-order chi connectivity index (χ0) is 15.2. The van der Waals surface area contributed by atoms with Crippen molar-refractivity contribution in [1.82, 2.24) is 15.2 Å². The Labute approximate surface area is 126 Å². The van der Waals surface area contributed by atoms with E-state index in [1.807, 2.05) is 18.7 Å². The van der Waals surface area contributed by atoms with Crippen LogP contribution in [-0.2, 0) is 6.54 Å². The summed E-state index contributed by atoms with van der Waals surface area (Å²) in [5.41, 5.74) is 2.87. The number of pyridine rings is 1. The summed E-state index contributed by atoms with van der Waals surface area (Å²) in [6.07, 6.45) is 6.44. The molecule has 1 N–H and O–H groups in total. The van der Waals surface area contributed by atoms with Crippen molar-refractivity contribution in [3.63, 3.8) is 0 Å². The van der Waals surface area contributed by atoms with E-state index in [0.29, 0.717) is 6.54 Å². The van der Waals surface area contributed by atoms with Crippen LogP contribution in [0.4, 0.5) is 4.79 Å². The first-order chi connectivity index (χ1) is 10.1. The second kappa shape index (κ2) is 7.29. The molecule has 2 rings (SSSR count). The first-order valence-electron chi connectivity index (χ1n) is 7.65. The topological polar surface area (TPSA) is 54.5 Å². The molecule has 0 spiro atoms. The summed E-state index contributed by atoms with van der Waals surface area (Å²) in [4.78, 5) is 18.5. The largest absolute Gasteiger partial charge is 0.496 e. The summed E-state index contributed by atoms with van der Waals surface area (Å²) in [5, 5.41) is 2.98. The van der Waals surface area contributed by atoms with E-state index in [1.54, 1.807) is 13.3 Å². The van der Waals surface area contributed by atoms with Crippen LogP contribution in [0.1, 0.15) is 42.5 Å². The summed E-state index contributed by atoms with van der Waals surface area (Å²) in [5.74, 6) is 0.851. The number of nitrogens with one attached hydrogen (secondary N) is 1. The molecule has 0 atom stereocenters. The molecule has 1 aliphatic heterocycles. The standard InChI is InChI=1S/C16H25N3O2/c1-12-10-17-14(13(2)15(12)21-3)11-18-16(20)19-8-6-4-5-7-9-19/h10H,4-9,11H2,1-3H3,(H,18,20). The molecule has 2 heterocycles. The molecule has 1 aromatic heterocycles. The Morgan fingerprint density at radius 2 is 1.95 bits per heavy atom. The molecule has 0 radical (unpaired) electrons. The molecule has 0 saturated carbocycles. The molecule has 0 aliphatic carbocycles. The van der Waals surface area contributed by atoms with Gasteiger partial charge in [0, 0.05) is 30.4 Å². The number of urea groups is 1. The van der Waals surface area contributed by atoms with Gasteiger partial charge in [-0.25, -0.2) is 4.79 Å². The van der Waals surface area contributed by atoms with E-state index in [9.17, 15) is 4.79 Å². The average Bonchev–Trinajstić information content (AvgIpc) is 2.76. The number of aromatic nitrogens is 1. The lowest BCUT2D eigenvalue weighted by atomic mass is 10.1. The molecule has 0 unspecified atom stereocenters. The van der Waals surface area contributed by atoms with Crippen molar-refractivity contribution < 1.29 is 9.53 Å². The number of nitrogens with zero attached hydrogens (tertiary/aromatic N) is 2. The van der Waals surface area contributed by atoms with Gasteiger partial charge < -0.3 is 15.0 Å². The number of amides is 2. The highest BCUT2D eigenvalue weighted by molar-refractivity contribution is 5.74. The lowest BCUT2D eigenvalue weighted by molar-refractivity contribution is 0.199. The van der Waals surface area contributed by atoms with Crippen molar-refractivity contribution in [3.8, 4) is 5.75 Å². The molecule has 1 fully saturated rings. The number of carbonyl (C=O) groups excluding carboxylic acids is 1. The molecular formula is C16H25N3O2. The summed E-state index contributed by atoms with van der Waals surface area (Å²) >= 11 is 0.